The van der Waals surface area contributed by atoms with Crippen molar-refractivity contribution in [1.29, 1.82) is 5.26 Å². The van der Waals surface area contributed by atoms with Crippen molar-refractivity contribution in [2.24, 2.45) is 0 Å². The van der Waals surface area contributed by atoms with Crippen molar-refractivity contribution in [3.05, 3.63) is 53.1 Å². The summed E-state index contributed by atoms with van der Waals surface area (Å²) in [7, 11) is 2.33. The third kappa shape index (κ3) is 2.99. The van der Waals surface area contributed by atoms with Crippen LogP contribution < -0.4 is 0 Å². The molecule has 0 aliphatic rings. The average molecular weight is 311 g/mol. The first-order valence-corrected chi connectivity index (χ1v) is 6.56. The zero-order valence-electron chi connectivity index (χ0n) is 12.5. The quantitative estimate of drug-likeness (QED) is 0.875. The van der Waals surface area contributed by atoms with Gasteiger partial charge in [-0.15, -0.1) is 0 Å². The van der Waals surface area contributed by atoms with Crippen LogP contribution in [0.3, 0.4) is 0 Å². The molecule has 1 N–H and O–H groups in total. The second kappa shape index (κ2) is 6.62. The Morgan fingerprint density at radius 1 is 0.957 bits per heavy atom. The number of carbonyl (C=O) groups excluding carboxylic acids is 2. The molecule has 6 nitrogen and oxygen atoms in total. The van der Waals surface area contributed by atoms with Gasteiger partial charge in [0.15, 0.2) is 0 Å². The topological polar surface area (TPSA) is 96.6 Å². The third-order valence-corrected chi connectivity index (χ3v) is 3.29. The Morgan fingerprint density at radius 2 is 1.52 bits per heavy atom. The number of esters is 2. The van der Waals surface area contributed by atoms with Gasteiger partial charge in [-0.1, -0.05) is 12.1 Å². The van der Waals surface area contributed by atoms with E-state index in [0.29, 0.717) is 16.7 Å². The number of phenolic OH excluding ortho intramolecular Hbond substituents is 1. The predicted octanol–water partition coefficient (Wildman–Crippen LogP) is 2.50. The molecule has 2 aromatic carbocycles. The van der Waals surface area contributed by atoms with Crippen LogP contribution in [0.25, 0.3) is 11.1 Å². The van der Waals surface area contributed by atoms with E-state index in [9.17, 15) is 14.7 Å². The molecule has 0 aliphatic heterocycles. The fourth-order valence-corrected chi connectivity index (χ4v) is 2.18. The monoisotopic (exact) mass is 311 g/mol. The average Bonchev–Trinajstić information content (AvgIpc) is 2.60. The number of hydrogen-bond donors (Lipinski definition) is 1. The lowest BCUT2D eigenvalue weighted by atomic mass is 9.94. The molecular formula is C17H13NO5. The number of nitrogens with zero attached hydrogens (tertiary/aromatic N) is 1. The molecule has 0 amide bonds. The summed E-state index contributed by atoms with van der Waals surface area (Å²) in [6.07, 6.45) is 0. The lowest BCUT2D eigenvalue weighted by Crippen LogP contribution is -2.13. The van der Waals surface area contributed by atoms with Crippen LogP contribution in [-0.2, 0) is 9.47 Å². The highest BCUT2D eigenvalue weighted by molar-refractivity contribution is 6.09. The second-order valence-electron chi connectivity index (χ2n) is 4.55. The summed E-state index contributed by atoms with van der Waals surface area (Å²) in [6.45, 7) is 0. The van der Waals surface area contributed by atoms with Crippen LogP contribution in [-0.4, -0.2) is 31.3 Å². The number of benzene rings is 2. The number of ether oxygens (including phenoxy) is 2. The van der Waals surface area contributed by atoms with Gasteiger partial charge >= 0.3 is 11.9 Å². The highest BCUT2D eigenvalue weighted by Gasteiger charge is 2.26. The molecule has 0 bridgehead atoms. The van der Waals surface area contributed by atoms with Crippen molar-refractivity contribution >= 4 is 11.9 Å². The number of phenols is 1. The summed E-state index contributed by atoms with van der Waals surface area (Å²) in [4.78, 5) is 24.1. The SMILES string of the molecule is COC(=O)c1c(O)ccc(-c2ccc(C#N)cc2)c1C(=O)OC. The molecular weight excluding hydrogens is 298 g/mol. The molecule has 6 heteroatoms. The van der Waals surface area contributed by atoms with Crippen LogP contribution in [0.2, 0.25) is 0 Å². The summed E-state index contributed by atoms with van der Waals surface area (Å²) >= 11 is 0. The lowest BCUT2D eigenvalue weighted by Gasteiger charge is -2.13. The molecule has 0 atom stereocenters. The van der Waals surface area contributed by atoms with Crippen molar-refractivity contribution in [1.82, 2.24) is 0 Å². The standard InChI is InChI=1S/C17H13NO5/c1-22-16(20)14-12(11-5-3-10(9-18)4-6-11)7-8-13(19)15(14)17(21)23-2/h3-8,19H,1-2H3. The smallest absolute Gasteiger partial charge is 0.342 e. The molecule has 23 heavy (non-hydrogen) atoms. The van der Waals surface area contributed by atoms with E-state index >= 15 is 0 Å². The molecule has 0 unspecified atom stereocenters. The van der Waals surface area contributed by atoms with Gasteiger partial charge in [0, 0.05) is 0 Å². The van der Waals surface area contributed by atoms with Gasteiger partial charge in [0.05, 0.1) is 31.4 Å². The number of rotatable bonds is 3. The van der Waals surface area contributed by atoms with Crippen molar-refractivity contribution in [3.63, 3.8) is 0 Å². The van der Waals surface area contributed by atoms with Gasteiger partial charge in [-0.25, -0.2) is 9.59 Å². The van der Waals surface area contributed by atoms with Crippen molar-refractivity contribution in [2.75, 3.05) is 14.2 Å². The van der Waals surface area contributed by atoms with Crippen molar-refractivity contribution in [2.45, 2.75) is 0 Å². The first-order valence-electron chi connectivity index (χ1n) is 6.56. The number of nitriles is 1. The molecule has 0 heterocycles. The van der Waals surface area contributed by atoms with E-state index in [0.717, 1.165) is 7.11 Å². The maximum Gasteiger partial charge on any atom is 0.342 e. The Bertz CT molecular complexity index is 803. The van der Waals surface area contributed by atoms with Crippen LogP contribution in [0.4, 0.5) is 0 Å². The van der Waals surface area contributed by atoms with Gasteiger partial charge in [0.1, 0.15) is 11.3 Å². The van der Waals surface area contributed by atoms with Crippen LogP contribution in [0.15, 0.2) is 36.4 Å². The molecule has 2 aromatic rings. The summed E-state index contributed by atoms with van der Waals surface area (Å²) in [6, 6.07) is 11.2. The van der Waals surface area contributed by atoms with Gasteiger partial charge in [0.2, 0.25) is 0 Å². The maximum absolute atomic E-state index is 12.1. The summed E-state index contributed by atoms with van der Waals surface area (Å²) in [5.41, 5.74) is 1.08. The highest BCUT2D eigenvalue weighted by Crippen LogP contribution is 2.33. The fraction of sp³-hybridized carbons (Fsp3) is 0.118. The van der Waals surface area contributed by atoms with E-state index in [1.807, 2.05) is 6.07 Å². The number of methoxy groups -OCH3 is 2. The number of aromatic hydroxyl groups is 1. The first kappa shape index (κ1) is 16.0. The highest BCUT2D eigenvalue weighted by atomic mass is 16.5. The minimum Gasteiger partial charge on any atom is -0.507 e. The predicted molar refractivity (Wildman–Crippen MR) is 80.9 cm³/mol. The number of carbonyl (C=O) groups is 2. The van der Waals surface area contributed by atoms with E-state index in [2.05, 4.69) is 4.74 Å². The maximum atomic E-state index is 12.1. The van der Waals surface area contributed by atoms with Gasteiger partial charge in [-0.05, 0) is 35.4 Å². The molecule has 0 aliphatic carbocycles. The Balaban J connectivity index is 2.74. The van der Waals surface area contributed by atoms with E-state index in [-0.39, 0.29) is 16.9 Å². The van der Waals surface area contributed by atoms with Crippen molar-refractivity contribution in [3.8, 4) is 22.9 Å². The van der Waals surface area contributed by atoms with Crippen LogP contribution >= 0.6 is 0 Å². The van der Waals surface area contributed by atoms with Crippen LogP contribution in [0, 0.1) is 11.3 Å². The molecule has 0 fully saturated rings. The number of hydrogen-bond acceptors (Lipinski definition) is 6. The molecule has 2 rings (SSSR count). The Labute approximate surface area is 132 Å². The normalized spacial score (nSPS) is 9.78. The third-order valence-electron chi connectivity index (χ3n) is 3.29. The molecule has 0 aromatic heterocycles. The zero-order valence-corrected chi connectivity index (χ0v) is 12.5. The largest absolute Gasteiger partial charge is 0.507 e. The van der Waals surface area contributed by atoms with Gasteiger partial charge < -0.3 is 14.6 Å². The van der Waals surface area contributed by atoms with Crippen LogP contribution in [0.1, 0.15) is 26.3 Å². The molecule has 0 spiro atoms. The van der Waals surface area contributed by atoms with E-state index in [1.165, 1.54) is 19.2 Å². The second-order valence-corrected chi connectivity index (χ2v) is 4.55. The molecule has 116 valence electrons. The Hall–Kier alpha value is -3.33. The minimum atomic E-state index is -0.849. The van der Waals surface area contributed by atoms with E-state index in [1.54, 1.807) is 24.3 Å². The minimum absolute atomic E-state index is 0.0935. The molecule has 0 saturated carbocycles. The summed E-state index contributed by atoms with van der Waals surface area (Å²) < 4.78 is 9.35. The first-order chi connectivity index (χ1) is 11.0. The van der Waals surface area contributed by atoms with Crippen molar-refractivity contribution < 1.29 is 24.2 Å². The zero-order chi connectivity index (χ0) is 17.0. The Morgan fingerprint density at radius 3 is 2.04 bits per heavy atom. The van der Waals surface area contributed by atoms with E-state index in [4.69, 9.17) is 10.00 Å². The Kier molecular flexibility index (Phi) is 4.62. The summed E-state index contributed by atoms with van der Waals surface area (Å²) in [5.74, 6) is -2.01. The van der Waals surface area contributed by atoms with Gasteiger partial charge in [-0.3, -0.25) is 0 Å². The van der Waals surface area contributed by atoms with E-state index < -0.39 is 11.9 Å². The van der Waals surface area contributed by atoms with Crippen LogP contribution in [0.5, 0.6) is 5.75 Å². The van der Waals surface area contributed by atoms with Gasteiger partial charge in [-0.2, -0.15) is 5.26 Å². The lowest BCUT2D eigenvalue weighted by molar-refractivity contribution is 0.0553. The molecule has 0 radical (unpaired) electrons. The van der Waals surface area contributed by atoms with Gasteiger partial charge in [0.25, 0.3) is 0 Å². The molecule has 0 saturated heterocycles. The summed E-state index contributed by atoms with van der Waals surface area (Å²) in [5, 5.41) is 18.8. The fourth-order valence-electron chi connectivity index (χ4n) is 2.18.